The van der Waals surface area contributed by atoms with E-state index < -0.39 is 12.0 Å². The second-order valence-electron chi connectivity index (χ2n) is 8.32. The standard InChI is InChI=1S/C26H39N3O2/c1-4-23(27)19-28(17-21-13-9-7-10-14-21)24(5-2)20-29(25(6-3)26(30)31)18-22-15-11-8-12-16-22/h7-16,23-25H,4-6,17-20,27H2,1-3H3,(H,30,31)/t23-,24-,25-/m0/s1. The number of rotatable bonds is 14. The Labute approximate surface area is 187 Å². The van der Waals surface area contributed by atoms with Crippen LogP contribution < -0.4 is 5.73 Å². The van der Waals surface area contributed by atoms with Gasteiger partial charge in [0.25, 0.3) is 0 Å². The second-order valence-corrected chi connectivity index (χ2v) is 8.32. The number of nitrogens with two attached hydrogens (primary N) is 1. The van der Waals surface area contributed by atoms with Crippen molar-refractivity contribution in [2.24, 2.45) is 5.73 Å². The average Bonchev–Trinajstić information content (AvgIpc) is 2.78. The van der Waals surface area contributed by atoms with E-state index in [1.165, 1.54) is 5.56 Å². The lowest BCUT2D eigenvalue weighted by Crippen LogP contribution is -2.51. The minimum absolute atomic E-state index is 0.0989. The highest BCUT2D eigenvalue weighted by atomic mass is 16.4. The van der Waals surface area contributed by atoms with Crippen molar-refractivity contribution in [1.82, 2.24) is 9.80 Å². The number of aliphatic carboxylic acids is 1. The van der Waals surface area contributed by atoms with Crippen LogP contribution in [-0.4, -0.2) is 52.1 Å². The summed E-state index contributed by atoms with van der Waals surface area (Å²) >= 11 is 0. The van der Waals surface area contributed by atoms with Crippen LogP contribution in [0.1, 0.15) is 51.2 Å². The first-order valence-electron chi connectivity index (χ1n) is 11.5. The minimum atomic E-state index is -0.756. The molecule has 2 rings (SSSR count). The fraction of sp³-hybridized carbons (Fsp3) is 0.500. The summed E-state index contributed by atoms with van der Waals surface area (Å²) in [5.74, 6) is -0.756. The number of benzene rings is 2. The van der Waals surface area contributed by atoms with E-state index in [0.29, 0.717) is 19.5 Å². The molecule has 0 unspecified atom stereocenters. The molecule has 0 aromatic heterocycles. The Morgan fingerprint density at radius 2 is 1.32 bits per heavy atom. The first kappa shape index (κ1) is 25.1. The quantitative estimate of drug-likeness (QED) is 0.470. The van der Waals surface area contributed by atoms with Crippen LogP contribution in [-0.2, 0) is 17.9 Å². The molecular weight excluding hydrogens is 386 g/mol. The molecule has 0 bridgehead atoms. The second kappa shape index (κ2) is 13.3. The van der Waals surface area contributed by atoms with Crippen LogP contribution in [0.25, 0.3) is 0 Å². The normalized spacial score (nSPS) is 14.5. The maximum atomic E-state index is 12.0. The summed E-state index contributed by atoms with van der Waals surface area (Å²) in [6.07, 6.45) is 2.43. The predicted octanol–water partition coefficient (Wildman–Crippen LogP) is 4.37. The van der Waals surface area contributed by atoms with E-state index in [1.54, 1.807) is 0 Å². The van der Waals surface area contributed by atoms with Gasteiger partial charge in [0.1, 0.15) is 6.04 Å². The smallest absolute Gasteiger partial charge is 0.320 e. The summed E-state index contributed by atoms with van der Waals surface area (Å²) in [4.78, 5) is 16.6. The molecule has 31 heavy (non-hydrogen) atoms. The largest absolute Gasteiger partial charge is 0.480 e. The summed E-state index contributed by atoms with van der Waals surface area (Å²) in [7, 11) is 0. The van der Waals surface area contributed by atoms with Gasteiger partial charge in [0.05, 0.1) is 0 Å². The summed E-state index contributed by atoms with van der Waals surface area (Å²) in [6.45, 7) is 9.18. The lowest BCUT2D eigenvalue weighted by Gasteiger charge is -2.38. The Hall–Kier alpha value is -2.21. The third-order valence-corrected chi connectivity index (χ3v) is 6.00. The van der Waals surface area contributed by atoms with Gasteiger partial charge in [0.15, 0.2) is 0 Å². The lowest BCUT2D eigenvalue weighted by molar-refractivity contribution is -0.144. The van der Waals surface area contributed by atoms with Gasteiger partial charge in [-0.15, -0.1) is 0 Å². The molecule has 170 valence electrons. The van der Waals surface area contributed by atoms with Crippen LogP contribution in [0.3, 0.4) is 0 Å². The highest BCUT2D eigenvalue weighted by molar-refractivity contribution is 5.73. The van der Waals surface area contributed by atoms with E-state index >= 15 is 0 Å². The zero-order chi connectivity index (χ0) is 22.6. The lowest BCUT2D eigenvalue weighted by atomic mass is 10.0. The van der Waals surface area contributed by atoms with Gasteiger partial charge in [-0.05, 0) is 30.4 Å². The van der Waals surface area contributed by atoms with Crippen molar-refractivity contribution in [1.29, 1.82) is 0 Å². The number of hydrogen-bond acceptors (Lipinski definition) is 4. The van der Waals surface area contributed by atoms with Crippen LogP contribution in [0.15, 0.2) is 60.7 Å². The van der Waals surface area contributed by atoms with Crippen LogP contribution >= 0.6 is 0 Å². The van der Waals surface area contributed by atoms with Crippen molar-refractivity contribution in [3.8, 4) is 0 Å². The monoisotopic (exact) mass is 425 g/mol. The molecule has 0 saturated carbocycles. The molecule has 3 atom stereocenters. The van der Waals surface area contributed by atoms with Gasteiger partial charge in [0, 0.05) is 38.3 Å². The van der Waals surface area contributed by atoms with Crippen molar-refractivity contribution in [2.75, 3.05) is 13.1 Å². The molecule has 0 radical (unpaired) electrons. The van der Waals surface area contributed by atoms with Crippen molar-refractivity contribution < 1.29 is 9.90 Å². The highest BCUT2D eigenvalue weighted by Crippen LogP contribution is 2.18. The molecule has 2 aromatic carbocycles. The summed E-state index contributed by atoms with van der Waals surface area (Å²) in [5, 5.41) is 9.89. The molecule has 0 amide bonds. The molecule has 2 aromatic rings. The molecule has 0 saturated heterocycles. The van der Waals surface area contributed by atoms with E-state index in [-0.39, 0.29) is 12.1 Å². The summed E-state index contributed by atoms with van der Waals surface area (Å²) in [6, 6.07) is 20.4. The van der Waals surface area contributed by atoms with Gasteiger partial charge in [-0.2, -0.15) is 0 Å². The van der Waals surface area contributed by atoms with Gasteiger partial charge < -0.3 is 10.8 Å². The van der Waals surface area contributed by atoms with Crippen LogP contribution in [0.2, 0.25) is 0 Å². The van der Waals surface area contributed by atoms with E-state index in [4.69, 9.17) is 5.73 Å². The average molecular weight is 426 g/mol. The Bertz CT molecular complexity index is 754. The fourth-order valence-electron chi connectivity index (χ4n) is 4.07. The maximum absolute atomic E-state index is 12.0. The zero-order valence-electron chi connectivity index (χ0n) is 19.3. The maximum Gasteiger partial charge on any atom is 0.320 e. The third kappa shape index (κ3) is 8.09. The fourth-order valence-corrected chi connectivity index (χ4v) is 4.07. The van der Waals surface area contributed by atoms with Crippen molar-refractivity contribution in [3.63, 3.8) is 0 Å². The van der Waals surface area contributed by atoms with Crippen molar-refractivity contribution in [2.45, 2.75) is 71.2 Å². The number of carboxylic acid groups (broad SMARTS) is 1. The molecule has 0 aliphatic rings. The van der Waals surface area contributed by atoms with E-state index in [9.17, 15) is 9.90 Å². The Morgan fingerprint density at radius 1 is 0.806 bits per heavy atom. The molecule has 0 spiro atoms. The van der Waals surface area contributed by atoms with Crippen LogP contribution in [0, 0.1) is 0 Å². The molecule has 0 fully saturated rings. The topological polar surface area (TPSA) is 69.8 Å². The van der Waals surface area contributed by atoms with E-state index in [0.717, 1.165) is 31.5 Å². The van der Waals surface area contributed by atoms with Gasteiger partial charge in [-0.25, -0.2) is 0 Å². The first-order chi connectivity index (χ1) is 15.0. The molecule has 5 nitrogen and oxygen atoms in total. The van der Waals surface area contributed by atoms with Gasteiger partial charge in [0.2, 0.25) is 0 Å². The summed E-state index contributed by atoms with van der Waals surface area (Å²) < 4.78 is 0. The highest BCUT2D eigenvalue weighted by Gasteiger charge is 2.29. The predicted molar refractivity (Wildman–Crippen MR) is 128 cm³/mol. The SMILES string of the molecule is CC[C@H](N)CN(Cc1ccccc1)[C@@H](CC)CN(Cc1ccccc1)[C@@H](CC)C(=O)O. The minimum Gasteiger partial charge on any atom is -0.480 e. The molecule has 5 heteroatoms. The van der Waals surface area contributed by atoms with Crippen molar-refractivity contribution >= 4 is 5.97 Å². The van der Waals surface area contributed by atoms with E-state index in [2.05, 4.69) is 60.0 Å². The van der Waals surface area contributed by atoms with Gasteiger partial charge in [-0.1, -0.05) is 81.4 Å². The number of hydrogen-bond donors (Lipinski definition) is 2. The third-order valence-electron chi connectivity index (χ3n) is 6.00. The Balaban J connectivity index is 2.27. The van der Waals surface area contributed by atoms with Crippen LogP contribution in [0.5, 0.6) is 0 Å². The van der Waals surface area contributed by atoms with Gasteiger partial charge >= 0.3 is 5.97 Å². The molecule has 0 aliphatic carbocycles. The zero-order valence-corrected chi connectivity index (χ0v) is 19.3. The number of carbonyl (C=O) groups is 1. The Morgan fingerprint density at radius 3 is 1.74 bits per heavy atom. The summed E-state index contributed by atoms with van der Waals surface area (Å²) in [5.41, 5.74) is 8.75. The van der Waals surface area contributed by atoms with E-state index in [1.807, 2.05) is 31.2 Å². The molecule has 0 aliphatic heterocycles. The molecule has 0 heterocycles. The Kier molecular flexibility index (Phi) is 10.7. The molecular formula is C26H39N3O2. The number of carboxylic acids is 1. The first-order valence-corrected chi connectivity index (χ1v) is 11.5. The van der Waals surface area contributed by atoms with Gasteiger partial charge in [-0.3, -0.25) is 14.6 Å². The molecule has 3 N–H and O–H groups in total. The van der Waals surface area contributed by atoms with Crippen molar-refractivity contribution in [3.05, 3.63) is 71.8 Å². The number of nitrogens with zero attached hydrogens (tertiary/aromatic N) is 2. The van der Waals surface area contributed by atoms with Crippen LogP contribution in [0.4, 0.5) is 0 Å².